The first kappa shape index (κ1) is 20.3. The highest BCUT2D eigenvalue weighted by Crippen LogP contribution is 2.29. The molecule has 2 saturated heterocycles. The van der Waals surface area contributed by atoms with Crippen LogP contribution in [0.3, 0.4) is 0 Å². The highest BCUT2D eigenvalue weighted by Gasteiger charge is 2.34. The monoisotopic (exact) mass is 420 g/mol. The smallest absolute Gasteiger partial charge is 0.134 e. The summed E-state index contributed by atoms with van der Waals surface area (Å²) < 4.78 is 5.48. The molecular formula is C24H32N6O. The quantitative estimate of drug-likeness (QED) is 0.812. The van der Waals surface area contributed by atoms with Gasteiger partial charge in [-0.3, -0.25) is 4.99 Å². The Kier molecular flexibility index (Phi) is 5.78. The van der Waals surface area contributed by atoms with E-state index in [1.165, 1.54) is 5.69 Å². The van der Waals surface area contributed by atoms with Crippen LogP contribution in [0.1, 0.15) is 18.4 Å². The Morgan fingerprint density at radius 1 is 1.03 bits per heavy atom. The number of hydrogen-bond acceptors (Lipinski definition) is 7. The van der Waals surface area contributed by atoms with Crippen LogP contribution in [0.5, 0.6) is 0 Å². The third-order valence-electron chi connectivity index (χ3n) is 6.79. The molecule has 4 heterocycles. The fraction of sp³-hybridized carbons (Fsp3) is 0.500. The van der Waals surface area contributed by atoms with Crippen LogP contribution in [0, 0.1) is 5.92 Å². The SMILES string of the molecule is CN1C=CN=C2C=C(c3ccc(N4CCOCC4)cc3)N=C(N3CCC(CN)CC3)C21. The standard InChI is InChI=1S/C24H32N6O/c1-28-11-8-26-22-16-21(19-2-4-20(5-3-19)29-12-14-31-15-13-29)27-24(23(22)28)30-9-6-18(17-25)7-10-30/h2-5,8,11,16,18,23H,6-7,9-10,12-15,17,25H2,1H3. The Labute approximate surface area is 184 Å². The maximum absolute atomic E-state index is 5.91. The Morgan fingerprint density at radius 3 is 2.48 bits per heavy atom. The van der Waals surface area contributed by atoms with E-state index in [0.29, 0.717) is 5.92 Å². The Bertz CT molecular complexity index is 905. The number of likely N-dealkylation sites (N-methyl/N-ethyl adjacent to an activating group) is 1. The van der Waals surface area contributed by atoms with Crippen molar-refractivity contribution in [2.75, 3.05) is 57.9 Å². The van der Waals surface area contributed by atoms with E-state index in [2.05, 4.69) is 52.1 Å². The molecule has 7 nitrogen and oxygen atoms in total. The van der Waals surface area contributed by atoms with Crippen LogP contribution in [-0.4, -0.2) is 80.4 Å². The average Bonchev–Trinajstić information content (AvgIpc) is 2.84. The molecule has 5 rings (SSSR count). The summed E-state index contributed by atoms with van der Waals surface area (Å²) in [6.07, 6.45) is 8.31. The van der Waals surface area contributed by atoms with E-state index in [-0.39, 0.29) is 6.04 Å². The lowest BCUT2D eigenvalue weighted by Crippen LogP contribution is -2.53. The molecule has 164 valence electrons. The molecule has 0 bridgehead atoms. The Balaban J connectivity index is 1.43. The molecule has 0 spiro atoms. The van der Waals surface area contributed by atoms with Crippen molar-refractivity contribution in [1.82, 2.24) is 9.80 Å². The summed E-state index contributed by atoms with van der Waals surface area (Å²) in [6.45, 7) is 6.27. The summed E-state index contributed by atoms with van der Waals surface area (Å²) in [4.78, 5) is 16.9. The van der Waals surface area contributed by atoms with Crippen molar-refractivity contribution in [3.63, 3.8) is 0 Å². The van der Waals surface area contributed by atoms with E-state index in [1.54, 1.807) is 0 Å². The van der Waals surface area contributed by atoms with Gasteiger partial charge in [-0.25, -0.2) is 4.99 Å². The Hall–Kier alpha value is -2.64. The number of likely N-dealkylation sites (tertiary alicyclic amines) is 1. The van der Waals surface area contributed by atoms with Gasteiger partial charge in [0.15, 0.2) is 0 Å². The van der Waals surface area contributed by atoms with Crippen molar-refractivity contribution in [3.05, 3.63) is 48.3 Å². The molecule has 7 heteroatoms. The minimum Gasteiger partial charge on any atom is -0.378 e. The van der Waals surface area contributed by atoms with E-state index in [4.69, 9.17) is 20.5 Å². The predicted octanol–water partition coefficient (Wildman–Crippen LogP) is 2.17. The summed E-state index contributed by atoms with van der Waals surface area (Å²) in [7, 11) is 2.11. The van der Waals surface area contributed by atoms with E-state index < -0.39 is 0 Å². The second-order valence-corrected chi connectivity index (χ2v) is 8.73. The first-order valence-electron chi connectivity index (χ1n) is 11.4. The minimum atomic E-state index is 0.0794. The number of amidine groups is 1. The zero-order valence-corrected chi connectivity index (χ0v) is 18.3. The molecule has 0 radical (unpaired) electrons. The van der Waals surface area contributed by atoms with Gasteiger partial charge < -0.3 is 25.2 Å². The van der Waals surface area contributed by atoms with Crippen molar-refractivity contribution in [3.8, 4) is 0 Å². The van der Waals surface area contributed by atoms with Gasteiger partial charge in [-0.2, -0.15) is 0 Å². The van der Waals surface area contributed by atoms with Crippen molar-refractivity contribution >= 4 is 22.9 Å². The summed E-state index contributed by atoms with van der Waals surface area (Å²) in [5.74, 6) is 1.73. The summed E-state index contributed by atoms with van der Waals surface area (Å²) >= 11 is 0. The number of hydrogen-bond donors (Lipinski definition) is 1. The highest BCUT2D eigenvalue weighted by molar-refractivity contribution is 6.21. The topological polar surface area (TPSA) is 69.7 Å². The average molecular weight is 421 g/mol. The van der Waals surface area contributed by atoms with Crippen LogP contribution in [0.2, 0.25) is 0 Å². The van der Waals surface area contributed by atoms with Gasteiger partial charge in [0.25, 0.3) is 0 Å². The van der Waals surface area contributed by atoms with Crippen molar-refractivity contribution in [2.45, 2.75) is 18.9 Å². The molecule has 2 N–H and O–H groups in total. The molecule has 0 aromatic heterocycles. The van der Waals surface area contributed by atoms with Crippen molar-refractivity contribution in [1.29, 1.82) is 0 Å². The van der Waals surface area contributed by atoms with Gasteiger partial charge >= 0.3 is 0 Å². The molecule has 0 aliphatic carbocycles. The third-order valence-corrected chi connectivity index (χ3v) is 6.79. The molecule has 1 aromatic carbocycles. The number of ether oxygens (including phenoxy) is 1. The zero-order chi connectivity index (χ0) is 21.2. The molecule has 2 fully saturated rings. The van der Waals surface area contributed by atoms with Crippen LogP contribution in [0.15, 0.2) is 52.7 Å². The second kappa shape index (κ2) is 8.85. The van der Waals surface area contributed by atoms with E-state index >= 15 is 0 Å². The number of nitrogens with zero attached hydrogens (tertiary/aromatic N) is 5. The second-order valence-electron chi connectivity index (χ2n) is 8.73. The number of aliphatic imine (C=N–C) groups is 2. The van der Waals surface area contributed by atoms with E-state index in [1.807, 2.05) is 12.4 Å². The molecule has 1 atom stereocenters. The van der Waals surface area contributed by atoms with Gasteiger partial charge in [-0.05, 0) is 43.5 Å². The largest absolute Gasteiger partial charge is 0.378 e. The number of anilines is 1. The molecule has 4 aliphatic rings. The Morgan fingerprint density at radius 2 is 1.77 bits per heavy atom. The fourth-order valence-corrected chi connectivity index (χ4v) is 4.83. The molecule has 0 amide bonds. The molecule has 1 unspecified atom stereocenters. The van der Waals surface area contributed by atoms with Gasteiger partial charge in [0, 0.05) is 56.9 Å². The van der Waals surface area contributed by atoms with Gasteiger partial charge in [0.2, 0.25) is 0 Å². The minimum absolute atomic E-state index is 0.0794. The van der Waals surface area contributed by atoms with Crippen molar-refractivity contribution < 1.29 is 4.74 Å². The zero-order valence-electron chi connectivity index (χ0n) is 18.3. The molecule has 31 heavy (non-hydrogen) atoms. The molecule has 4 aliphatic heterocycles. The molecular weight excluding hydrogens is 388 g/mol. The van der Waals surface area contributed by atoms with Gasteiger partial charge in [-0.1, -0.05) is 12.1 Å². The summed E-state index contributed by atoms with van der Waals surface area (Å²) in [5, 5.41) is 0. The highest BCUT2D eigenvalue weighted by atomic mass is 16.5. The maximum Gasteiger partial charge on any atom is 0.134 e. The molecule has 1 aromatic rings. The maximum atomic E-state index is 5.91. The van der Waals surface area contributed by atoms with Crippen LogP contribution < -0.4 is 10.6 Å². The van der Waals surface area contributed by atoms with Crippen LogP contribution in [-0.2, 0) is 4.74 Å². The van der Waals surface area contributed by atoms with Gasteiger partial charge in [0.05, 0.1) is 24.6 Å². The fourth-order valence-electron chi connectivity index (χ4n) is 4.83. The van der Waals surface area contributed by atoms with Gasteiger partial charge in [0.1, 0.15) is 11.9 Å². The first-order valence-corrected chi connectivity index (χ1v) is 11.4. The van der Waals surface area contributed by atoms with E-state index in [9.17, 15) is 0 Å². The lowest BCUT2D eigenvalue weighted by molar-refractivity contribution is 0.122. The van der Waals surface area contributed by atoms with Gasteiger partial charge in [-0.15, -0.1) is 0 Å². The number of rotatable bonds is 3. The van der Waals surface area contributed by atoms with Crippen LogP contribution in [0.25, 0.3) is 5.70 Å². The third kappa shape index (κ3) is 4.12. The number of benzene rings is 1. The lowest BCUT2D eigenvalue weighted by atomic mass is 9.94. The summed E-state index contributed by atoms with van der Waals surface area (Å²) in [6, 6.07) is 8.84. The predicted molar refractivity (Wildman–Crippen MR) is 126 cm³/mol. The lowest BCUT2D eigenvalue weighted by Gasteiger charge is -2.41. The van der Waals surface area contributed by atoms with Crippen molar-refractivity contribution in [2.24, 2.45) is 21.6 Å². The van der Waals surface area contributed by atoms with E-state index in [0.717, 1.165) is 81.6 Å². The summed E-state index contributed by atoms with van der Waals surface area (Å²) in [5.41, 5.74) is 10.3. The number of nitrogens with two attached hydrogens (primary N) is 1. The molecule has 0 saturated carbocycles. The van der Waals surface area contributed by atoms with Crippen LogP contribution >= 0.6 is 0 Å². The number of piperidine rings is 1. The van der Waals surface area contributed by atoms with Crippen LogP contribution in [0.4, 0.5) is 5.69 Å². The normalized spacial score (nSPS) is 24.5. The number of fused-ring (bicyclic) bond motifs is 1. The number of morpholine rings is 1. The first-order chi connectivity index (χ1) is 15.2.